The molecule has 0 radical (unpaired) electrons. The van der Waals surface area contributed by atoms with E-state index in [1.165, 1.54) is 5.56 Å². The van der Waals surface area contributed by atoms with Crippen molar-refractivity contribution >= 4 is 11.6 Å². The quantitative estimate of drug-likeness (QED) is 0.499. The van der Waals surface area contributed by atoms with Crippen LogP contribution in [0.4, 0.5) is 0 Å². The number of rotatable bonds is 6. The maximum absolute atomic E-state index is 12.8. The first-order chi connectivity index (χ1) is 16.2. The number of likely N-dealkylation sites (N-methyl/N-ethyl adjacent to an activating group) is 1. The first-order valence-corrected chi connectivity index (χ1v) is 11.3. The van der Waals surface area contributed by atoms with E-state index in [1.54, 1.807) is 6.07 Å². The molecular weight excluding hydrogens is 412 g/mol. The third-order valence-electron chi connectivity index (χ3n) is 6.27. The number of hydrogen-bond donors (Lipinski definition) is 1. The van der Waals surface area contributed by atoms with Crippen LogP contribution in [0.5, 0.6) is 0 Å². The van der Waals surface area contributed by atoms with Crippen molar-refractivity contribution in [2.45, 2.75) is 19.1 Å². The number of pyridine rings is 1. The highest BCUT2D eigenvalue weighted by Gasteiger charge is 2.29. The highest BCUT2D eigenvalue weighted by Crippen LogP contribution is 2.24. The summed E-state index contributed by atoms with van der Waals surface area (Å²) >= 11 is 0. The van der Waals surface area contributed by atoms with Gasteiger partial charge in [0.1, 0.15) is 0 Å². The summed E-state index contributed by atoms with van der Waals surface area (Å²) in [6, 6.07) is 24.2. The Morgan fingerprint density at radius 1 is 0.939 bits per heavy atom. The summed E-state index contributed by atoms with van der Waals surface area (Å²) in [5.74, 6) is 0.756. The second-order valence-corrected chi connectivity index (χ2v) is 8.59. The lowest BCUT2D eigenvalue weighted by atomic mass is 10.1. The van der Waals surface area contributed by atoms with Crippen molar-refractivity contribution in [2.24, 2.45) is 0 Å². The summed E-state index contributed by atoms with van der Waals surface area (Å²) in [4.78, 5) is 17.6. The van der Waals surface area contributed by atoms with Gasteiger partial charge in [0, 0.05) is 38.9 Å². The fourth-order valence-corrected chi connectivity index (χ4v) is 4.34. The lowest BCUT2D eigenvalue weighted by Gasteiger charge is -2.38. The number of piperazine rings is 1. The molecule has 2 aromatic carbocycles. The van der Waals surface area contributed by atoms with Crippen molar-refractivity contribution in [1.29, 1.82) is 0 Å². The van der Waals surface area contributed by atoms with Crippen molar-refractivity contribution in [3.05, 3.63) is 102 Å². The van der Waals surface area contributed by atoms with E-state index in [2.05, 4.69) is 56.6 Å². The Kier molecular flexibility index (Phi) is 6.15. The fraction of sp³-hybridized carbons (Fsp3) is 0.269. The van der Waals surface area contributed by atoms with Crippen molar-refractivity contribution in [1.82, 2.24) is 29.7 Å². The highest BCUT2D eigenvalue weighted by molar-refractivity contribution is 5.94. The predicted octanol–water partition coefficient (Wildman–Crippen LogP) is 3.15. The van der Waals surface area contributed by atoms with Crippen molar-refractivity contribution in [2.75, 3.05) is 26.7 Å². The molecule has 1 N–H and O–H groups in total. The van der Waals surface area contributed by atoms with Gasteiger partial charge in [-0.15, -0.1) is 10.2 Å². The van der Waals surface area contributed by atoms with Gasteiger partial charge in [0.25, 0.3) is 5.91 Å². The van der Waals surface area contributed by atoms with E-state index in [1.807, 2.05) is 53.1 Å². The van der Waals surface area contributed by atoms with Crippen LogP contribution in [0.2, 0.25) is 0 Å². The molecule has 0 aliphatic carbocycles. The normalized spacial score (nSPS) is 17.3. The van der Waals surface area contributed by atoms with Crippen molar-refractivity contribution < 1.29 is 4.79 Å². The second kappa shape index (κ2) is 9.52. The van der Waals surface area contributed by atoms with E-state index < -0.39 is 0 Å². The molecule has 5 rings (SSSR count). The molecular formula is C26H28N6O. The number of amides is 1. The molecule has 33 heavy (non-hydrogen) atoms. The molecule has 1 aliphatic rings. The first-order valence-electron chi connectivity index (χ1n) is 11.3. The van der Waals surface area contributed by atoms with Gasteiger partial charge in [-0.2, -0.15) is 0 Å². The smallest absolute Gasteiger partial charge is 0.253 e. The lowest BCUT2D eigenvalue weighted by molar-refractivity contribution is 0.0852. The molecule has 1 atom stereocenters. The second-order valence-electron chi connectivity index (χ2n) is 8.59. The zero-order valence-corrected chi connectivity index (χ0v) is 18.8. The molecule has 2 aromatic heterocycles. The molecule has 0 unspecified atom stereocenters. The zero-order chi connectivity index (χ0) is 22.6. The average molecular weight is 441 g/mol. The van der Waals surface area contributed by atoms with E-state index in [-0.39, 0.29) is 11.9 Å². The van der Waals surface area contributed by atoms with Gasteiger partial charge < -0.3 is 5.32 Å². The maximum Gasteiger partial charge on any atom is 0.253 e. The molecule has 7 heteroatoms. The molecule has 1 aliphatic heterocycles. The Hall–Kier alpha value is -3.55. The molecule has 7 nitrogen and oxygen atoms in total. The van der Waals surface area contributed by atoms with Gasteiger partial charge in [-0.3, -0.25) is 19.0 Å². The minimum Gasteiger partial charge on any atom is -0.348 e. The maximum atomic E-state index is 12.8. The SMILES string of the molecule is CN1CCN(Cc2ccccc2)C[C@H]1c1nnc2ccc(C(=O)NCc3ccccc3)cn12. The van der Waals surface area contributed by atoms with Crippen LogP contribution in [0, 0.1) is 0 Å². The van der Waals surface area contributed by atoms with Crippen LogP contribution < -0.4 is 5.32 Å². The number of benzene rings is 2. The van der Waals surface area contributed by atoms with E-state index in [0.29, 0.717) is 12.1 Å². The number of nitrogens with one attached hydrogen (secondary N) is 1. The zero-order valence-electron chi connectivity index (χ0n) is 18.8. The van der Waals surface area contributed by atoms with Crippen molar-refractivity contribution in [3.63, 3.8) is 0 Å². The van der Waals surface area contributed by atoms with E-state index in [9.17, 15) is 4.79 Å². The van der Waals surface area contributed by atoms with Crippen LogP contribution in [0.3, 0.4) is 0 Å². The molecule has 168 valence electrons. The van der Waals surface area contributed by atoms with Gasteiger partial charge in [0.15, 0.2) is 11.5 Å². The van der Waals surface area contributed by atoms with Gasteiger partial charge >= 0.3 is 0 Å². The standard InChI is InChI=1S/C26H28N6O/c1-30-14-15-31(17-21-10-6-3-7-11-21)19-23(30)25-29-28-24-13-12-22(18-32(24)25)26(33)27-16-20-8-4-2-5-9-20/h2-13,18,23H,14-17,19H2,1H3,(H,27,33)/t23-/m0/s1. The highest BCUT2D eigenvalue weighted by atomic mass is 16.1. The Balaban J connectivity index is 1.34. The van der Waals surface area contributed by atoms with Crippen LogP contribution in [0.1, 0.15) is 33.4 Å². The number of nitrogens with zero attached hydrogens (tertiary/aromatic N) is 5. The van der Waals surface area contributed by atoms with E-state index >= 15 is 0 Å². The Morgan fingerprint density at radius 2 is 1.67 bits per heavy atom. The number of fused-ring (bicyclic) bond motifs is 1. The molecule has 1 amide bonds. The predicted molar refractivity (Wildman–Crippen MR) is 128 cm³/mol. The van der Waals surface area contributed by atoms with Gasteiger partial charge in [-0.25, -0.2) is 0 Å². The van der Waals surface area contributed by atoms with Crippen LogP contribution in [0.15, 0.2) is 79.0 Å². The number of aromatic nitrogens is 3. The summed E-state index contributed by atoms with van der Waals surface area (Å²) in [5, 5.41) is 11.9. The third-order valence-corrected chi connectivity index (χ3v) is 6.27. The number of carbonyl (C=O) groups excluding carboxylic acids is 1. The Labute approximate surface area is 193 Å². The van der Waals surface area contributed by atoms with Gasteiger partial charge in [0.05, 0.1) is 11.6 Å². The number of carbonyl (C=O) groups is 1. The summed E-state index contributed by atoms with van der Waals surface area (Å²) in [6.07, 6.45) is 1.86. The fourth-order valence-electron chi connectivity index (χ4n) is 4.34. The molecule has 0 spiro atoms. The van der Waals surface area contributed by atoms with Gasteiger partial charge in [-0.1, -0.05) is 60.7 Å². The minimum atomic E-state index is -0.108. The molecule has 0 saturated carbocycles. The molecule has 1 fully saturated rings. The Morgan fingerprint density at radius 3 is 2.42 bits per heavy atom. The third kappa shape index (κ3) is 4.79. The summed E-state index contributed by atoms with van der Waals surface area (Å²) in [7, 11) is 2.13. The van der Waals surface area contributed by atoms with E-state index in [0.717, 1.165) is 43.2 Å². The van der Waals surface area contributed by atoms with Crippen LogP contribution in [-0.4, -0.2) is 57.0 Å². The largest absolute Gasteiger partial charge is 0.348 e. The lowest BCUT2D eigenvalue weighted by Crippen LogP contribution is -2.46. The molecule has 1 saturated heterocycles. The number of hydrogen-bond acceptors (Lipinski definition) is 5. The molecule has 3 heterocycles. The Bertz CT molecular complexity index is 1220. The first kappa shape index (κ1) is 21.3. The summed E-state index contributed by atoms with van der Waals surface area (Å²) in [5.41, 5.74) is 3.72. The topological polar surface area (TPSA) is 65.8 Å². The average Bonchev–Trinajstić information content (AvgIpc) is 3.28. The van der Waals surface area contributed by atoms with Gasteiger partial charge in [-0.05, 0) is 30.3 Å². The van der Waals surface area contributed by atoms with Crippen molar-refractivity contribution in [3.8, 4) is 0 Å². The van der Waals surface area contributed by atoms with E-state index in [4.69, 9.17) is 0 Å². The van der Waals surface area contributed by atoms with Gasteiger partial charge in [0.2, 0.25) is 0 Å². The van der Waals surface area contributed by atoms with Crippen LogP contribution in [0.25, 0.3) is 5.65 Å². The molecule has 0 bridgehead atoms. The van der Waals surface area contributed by atoms with Crippen LogP contribution in [-0.2, 0) is 13.1 Å². The minimum absolute atomic E-state index is 0.0973. The molecule has 4 aromatic rings. The summed E-state index contributed by atoms with van der Waals surface area (Å²) < 4.78 is 1.96. The summed E-state index contributed by atoms with van der Waals surface area (Å²) in [6.45, 7) is 4.22. The van der Waals surface area contributed by atoms with Crippen LogP contribution >= 0.6 is 0 Å². The monoisotopic (exact) mass is 440 g/mol.